The lowest BCUT2D eigenvalue weighted by molar-refractivity contribution is -0.116. The summed E-state index contributed by atoms with van der Waals surface area (Å²) in [5.41, 5.74) is -0.0559. The molecule has 0 saturated carbocycles. The minimum Gasteiger partial charge on any atom is -0.494 e. The number of carbonyl (C=O) groups is 1. The van der Waals surface area contributed by atoms with E-state index in [0.717, 1.165) is 12.1 Å². The Morgan fingerprint density at radius 1 is 1.44 bits per heavy atom. The fourth-order valence-electron chi connectivity index (χ4n) is 1.46. The van der Waals surface area contributed by atoms with Gasteiger partial charge < -0.3 is 9.64 Å². The van der Waals surface area contributed by atoms with Crippen LogP contribution in [-0.2, 0) is 4.79 Å². The summed E-state index contributed by atoms with van der Waals surface area (Å²) in [6.07, 6.45) is -0.259. The first-order valence-electron chi connectivity index (χ1n) is 5.12. The van der Waals surface area contributed by atoms with Gasteiger partial charge in [-0.15, -0.1) is 0 Å². The van der Waals surface area contributed by atoms with Crippen LogP contribution in [0.25, 0.3) is 0 Å². The van der Waals surface area contributed by atoms with Gasteiger partial charge in [0.15, 0.2) is 17.3 Å². The molecule has 1 aromatic carbocycles. The summed E-state index contributed by atoms with van der Waals surface area (Å²) in [6.45, 7) is -0.156. The van der Waals surface area contributed by atoms with Gasteiger partial charge in [0.05, 0.1) is 31.8 Å². The van der Waals surface area contributed by atoms with E-state index in [0.29, 0.717) is 0 Å². The van der Waals surface area contributed by atoms with Crippen LogP contribution in [0.5, 0.6) is 5.75 Å². The van der Waals surface area contributed by atoms with Gasteiger partial charge in [-0.1, -0.05) is 0 Å². The molecule has 0 radical (unpaired) electrons. The summed E-state index contributed by atoms with van der Waals surface area (Å²) in [5.74, 6) is -1.97. The van der Waals surface area contributed by atoms with Crippen molar-refractivity contribution < 1.29 is 18.3 Å². The van der Waals surface area contributed by atoms with Crippen molar-refractivity contribution in [3.63, 3.8) is 0 Å². The van der Waals surface area contributed by atoms with E-state index in [-0.39, 0.29) is 30.2 Å². The van der Waals surface area contributed by atoms with Gasteiger partial charge in [0.25, 0.3) is 0 Å². The van der Waals surface area contributed by atoms with Crippen LogP contribution in [-0.4, -0.2) is 26.5 Å². The Balaban J connectivity index is 2.93. The van der Waals surface area contributed by atoms with Crippen LogP contribution < -0.4 is 9.64 Å². The average molecular weight is 254 g/mol. The molecule has 0 spiro atoms. The fourth-order valence-corrected chi connectivity index (χ4v) is 1.46. The SMILES string of the molecule is COc1cc(F)c(N(C)CC(=O)CC#N)cc1F. The van der Waals surface area contributed by atoms with Gasteiger partial charge in [0.1, 0.15) is 5.82 Å². The summed E-state index contributed by atoms with van der Waals surface area (Å²) in [6, 6.07) is 3.57. The number of anilines is 1. The normalized spacial score (nSPS) is 9.72. The molecule has 0 heterocycles. The Labute approximate surface area is 103 Å². The van der Waals surface area contributed by atoms with E-state index in [1.807, 2.05) is 0 Å². The largest absolute Gasteiger partial charge is 0.494 e. The van der Waals surface area contributed by atoms with Gasteiger partial charge in [-0.3, -0.25) is 4.79 Å². The molecule has 1 rings (SSSR count). The van der Waals surface area contributed by atoms with E-state index >= 15 is 0 Å². The van der Waals surface area contributed by atoms with Crippen molar-refractivity contribution >= 4 is 11.5 Å². The standard InChI is InChI=1S/C12H12F2N2O2/c1-16(7-8(17)3-4-15)11-5-10(14)12(18-2)6-9(11)13/h5-6H,3,7H2,1-2H3. The fraction of sp³-hybridized carbons (Fsp3) is 0.333. The molecule has 0 fully saturated rings. The van der Waals surface area contributed by atoms with Crippen molar-refractivity contribution in [2.45, 2.75) is 6.42 Å². The van der Waals surface area contributed by atoms with E-state index in [2.05, 4.69) is 4.74 Å². The Morgan fingerprint density at radius 3 is 2.67 bits per heavy atom. The lowest BCUT2D eigenvalue weighted by Gasteiger charge is -2.19. The van der Waals surface area contributed by atoms with Crippen LogP contribution >= 0.6 is 0 Å². The minimum atomic E-state index is -0.714. The predicted octanol–water partition coefficient (Wildman–Crippen LogP) is 1.89. The minimum absolute atomic E-state index is 0.0559. The molecule has 6 heteroatoms. The zero-order chi connectivity index (χ0) is 13.7. The first-order chi connectivity index (χ1) is 8.49. The van der Waals surface area contributed by atoms with Crippen LogP contribution in [0, 0.1) is 23.0 Å². The van der Waals surface area contributed by atoms with Gasteiger partial charge in [-0.2, -0.15) is 5.26 Å². The molecule has 0 aliphatic heterocycles. The molecule has 0 aliphatic rings. The van der Waals surface area contributed by atoms with Crippen LogP contribution in [0.4, 0.5) is 14.5 Å². The third-order valence-electron chi connectivity index (χ3n) is 2.32. The lowest BCUT2D eigenvalue weighted by Crippen LogP contribution is -2.26. The Hall–Kier alpha value is -2.16. The van der Waals surface area contributed by atoms with Gasteiger partial charge >= 0.3 is 0 Å². The number of nitrogens with zero attached hydrogens (tertiary/aromatic N) is 2. The average Bonchev–Trinajstić information content (AvgIpc) is 2.31. The number of rotatable bonds is 5. The second-order valence-corrected chi connectivity index (χ2v) is 3.67. The first kappa shape index (κ1) is 13.9. The maximum atomic E-state index is 13.6. The Morgan fingerprint density at radius 2 is 2.11 bits per heavy atom. The Bertz CT molecular complexity index is 498. The highest BCUT2D eigenvalue weighted by Gasteiger charge is 2.15. The molecule has 1 aromatic rings. The quantitative estimate of drug-likeness (QED) is 0.805. The summed E-state index contributed by atoms with van der Waals surface area (Å²) in [4.78, 5) is 12.5. The molecule has 96 valence electrons. The van der Waals surface area contributed by atoms with Gasteiger partial charge in [-0.25, -0.2) is 8.78 Å². The summed E-state index contributed by atoms with van der Waals surface area (Å²) in [7, 11) is 2.68. The van der Waals surface area contributed by atoms with Crippen LogP contribution in [0.3, 0.4) is 0 Å². The highest BCUT2D eigenvalue weighted by atomic mass is 19.1. The van der Waals surface area contributed by atoms with E-state index < -0.39 is 11.6 Å². The number of methoxy groups -OCH3 is 1. The van der Waals surface area contributed by atoms with Crippen molar-refractivity contribution in [1.29, 1.82) is 5.26 Å². The molecule has 4 nitrogen and oxygen atoms in total. The van der Waals surface area contributed by atoms with Crippen LogP contribution in [0.15, 0.2) is 12.1 Å². The molecule has 0 N–H and O–H groups in total. The second kappa shape index (κ2) is 5.96. The maximum Gasteiger partial charge on any atom is 0.167 e. The van der Waals surface area contributed by atoms with Crippen molar-refractivity contribution in [3.05, 3.63) is 23.8 Å². The van der Waals surface area contributed by atoms with Gasteiger partial charge in [0, 0.05) is 19.2 Å². The number of halogens is 2. The summed E-state index contributed by atoms with van der Waals surface area (Å²) >= 11 is 0. The number of hydrogen-bond donors (Lipinski definition) is 0. The van der Waals surface area contributed by atoms with E-state index in [1.54, 1.807) is 6.07 Å². The molecule has 0 amide bonds. The number of likely N-dealkylation sites (N-methyl/N-ethyl adjacent to an activating group) is 1. The number of Topliss-reactive ketones (excluding diaryl/α,β-unsaturated/α-hetero) is 1. The number of ketones is 1. The van der Waals surface area contributed by atoms with Crippen molar-refractivity contribution in [2.75, 3.05) is 25.6 Å². The van der Waals surface area contributed by atoms with Gasteiger partial charge in [0.2, 0.25) is 0 Å². The smallest absolute Gasteiger partial charge is 0.167 e. The van der Waals surface area contributed by atoms with E-state index in [1.165, 1.54) is 19.1 Å². The van der Waals surface area contributed by atoms with Gasteiger partial charge in [-0.05, 0) is 0 Å². The Kier molecular flexibility index (Phi) is 4.60. The van der Waals surface area contributed by atoms with Crippen molar-refractivity contribution in [3.8, 4) is 11.8 Å². The second-order valence-electron chi connectivity index (χ2n) is 3.67. The zero-order valence-electron chi connectivity index (χ0n) is 10.0. The predicted molar refractivity (Wildman–Crippen MR) is 61.4 cm³/mol. The molecule has 0 bridgehead atoms. The van der Waals surface area contributed by atoms with E-state index in [4.69, 9.17) is 5.26 Å². The topological polar surface area (TPSA) is 53.3 Å². The lowest BCUT2D eigenvalue weighted by atomic mass is 10.2. The first-order valence-corrected chi connectivity index (χ1v) is 5.12. The number of nitriles is 1. The molecule has 0 saturated heterocycles. The zero-order valence-corrected chi connectivity index (χ0v) is 10.0. The van der Waals surface area contributed by atoms with Crippen molar-refractivity contribution in [2.24, 2.45) is 0 Å². The number of hydrogen-bond acceptors (Lipinski definition) is 4. The van der Waals surface area contributed by atoms with Crippen molar-refractivity contribution in [1.82, 2.24) is 0 Å². The monoisotopic (exact) mass is 254 g/mol. The molecule has 0 unspecified atom stereocenters. The number of benzene rings is 1. The molecule has 0 aromatic heterocycles. The third-order valence-corrected chi connectivity index (χ3v) is 2.32. The van der Waals surface area contributed by atoms with Crippen LogP contribution in [0.1, 0.15) is 6.42 Å². The molecule has 18 heavy (non-hydrogen) atoms. The van der Waals surface area contributed by atoms with E-state index in [9.17, 15) is 13.6 Å². The molecule has 0 atom stereocenters. The number of ether oxygens (including phenoxy) is 1. The summed E-state index contributed by atoms with van der Waals surface area (Å²) < 4.78 is 31.7. The highest BCUT2D eigenvalue weighted by molar-refractivity contribution is 5.85. The third kappa shape index (κ3) is 3.17. The molecular weight excluding hydrogens is 242 g/mol. The molecule has 0 aliphatic carbocycles. The number of carbonyl (C=O) groups excluding carboxylic acids is 1. The van der Waals surface area contributed by atoms with Crippen LogP contribution in [0.2, 0.25) is 0 Å². The molecular formula is C12H12F2N2O2. The summed E-state index contributed by atoms with van der Waals surface area (Å²) in [5, 5.41) is 8.35. The highest BCUT2D eigenvalue weighted by Crippen LogP contribution is 2.26. The maximum absolute atomic E-state index is 13.6.